The Morgan fingerprint density at radius 1 is 1.20 bits per heavy atom. The van der Waals surface area contributed by atoms with Gasteiger partial charge in [0.2, 0.25) is 5.78 Å². The largest absolute Gasteiger partial charge is 0.454 e. The quantitative estimate of drug-likeness (QED) is 0.450. The molecule has 0 bridgehead atoms. The second-order valence-electron chi connectivity index (χ2n) is 13.3. The molecule has 0 aromatic heterocycles. The third-order valence-corrected chi connectivity index (χ3v) is 10.1. The maximum Gasteiger partial charge on any atom is 0.338 e. The van der Waals surface area contributed by atoms with Gasteiger partial charge in [-0.25, -0.2) is 9.18 Å². The van der Waals surface area contributed by atoms with E-state index >= 15 is 4.39 Å². The van der Waals surface area contributed by atoms with Gasteiger partial charge in [-0.3, -0.25) is 9.59 Å². The van der Waals surface area contributed by atoms with Crippen molar-refractivity contribution in [2.45, 2.75) is 96.5 Å². The number of carbonyl (C=O) groups is 3. The minimum atomic E-state index is -1.92. The molecule has 1 aliphatic heterocycles. The number of allylic oxidation sites excluding steroid dienone is 4. The zero-order chi connectivity index (χ0) is 30.0. The molecule has 1 heterocycles. The van der Waals surface area contributed by atoms with Crippen LogP contribution in [0.15, 0.2) is 48.1 Å². The number of aliphatic hydroxyl groups is 1. The first-order valence-corrected chi connectivity index (χ1v) is 14.6. The molecule has 3 fully saturated rings. The molecule has 8 heteroatoms. The Kier molecular flexibility index (Phi) is 7.45. The molecule has 1 saturated heterocycles. The van der Waals surface area contributed by atoms with Crippen LogP contribution in [0, 0.1) is 30.1 Å². The van der Waals surface area contributed by atoms with Gasteiger partial charge in [-0.1, -0.05) is 43.2 Å². The predicted octanol–water partition coefficient (Wildman–Crippen LogP) is 5.23. The Morgan fingerprint density at radius 2 is 1.93 bits per heavy atom. The zero-order valence-corrected chi connectivity index (χ0v) is 24.7. The third-order valence-electron chi connectivity index (χ3n) is 10.1. The first-order chi connectivity index (χ1) is 19.1. The fourth-order valence-electron chi connectivity index (χ4n) is 8.00. The third kappa shape index (κ3) is 4.92. The van der Waals surface area contributed by atoms with Crippen molar-refractivity contribution in [3.05, 3.63) is 59.2 Å². The van der Waals surface area contributed by atoms with Gasteiger partial charge in [0.05, 0.1) is 17.8 Å². The number of hydrogen-bond acceptors (Lipinski definition) is 7. The molecule has 41 heavy (non-hydrogen) atoms. The minimum absolute atomic E-state index is 0.00496. The molecule has 0 radical (unpaired) electrons. The number of Topliss-reactive ketones (excluding diaryl/α,β-unsaturated/α-hetero) is 1. The summed E-state index contributed by atoms with van der Waals surface area (Å²) in [5.41, 5.74) is -2.28. The van der Waals surface area contributed by atoms with Gasteiger partial charge < -0.3 is 19.3 Å². The van der Waals surface area contributed by atoms with Gasteiger partial charge in [-0.05, 0) is 95.4 Å². The van der Waals surface area contributed by atoms with Crippen LogP contribution in [-0.2, 0) is 23.8 Å². The number of hydrogen-bond donors (Lipinski definition) is 1. The molecule has 1 aromatic rings. The molecule has 2 saturated carbocycles. The average molecular weight is 569 g/mol. The van der Waals surface area contributed by atoms with Gasteiger partial charge in [0.1, 0.15) is 5.67 Å². The van der Waals surface area contributed by atoms with Gasteiger partial charge in [-0.15, -0.1) is 0 Å². The standard InChI is InChI=1S/C33H41FO7/c1-19-8-7-9-22(14-19)29(38)39-18-27(37)33-28(40-30(3,4)41-33)16-25-24(32(6,34)26(36)17-31(25,33)5)13-11-21-15-23(35)12-10-20(21)2/h7-10,12,14-15,20,24-26,28,36H,11,13,16-18H2,1-6H3/t20-,24?,25+,26+,28-,31+,32+,33-/m1/s1. The van der Waals surface area contributed by atoms with Crippen molar-refractivity contribution in [1.29, 1.82) is 0 Å². The van der Waals surface area contributed by atoms with E-state index in [1.165, 1.54) is 6.92 Å². The van der Waals surface area contributed by atoms with E-state index < -0.39 is 59.0 Å². The summed E-state index contributed by atoms with van der Waals surface area (Å²) < 4.78 is 34.7. The molecule has 1 N–H and O–H groups in total. The van der Waals surface area contributed by atoms with Gasteiger partial charge in [0, 0.05) is 5.41 Å². The van der Waals surface area contributed by atoms with Crippen molar-refractivity contribution in [3.8, 4) is 0 Å². The van der Waals surface area contributed by atoms with E-state index in [4.69, 9.17) is 14.2 Å². The second-order valence-corrected chi connectivity index (χ2v) is 13.3. The molecule has 5 rings (SSSR count). The Balaban J connectivity index is 1.44. The summed E-state index contributed by atoms with van der Waals surface area (Å²) >= 11 is 0. The molecule has 3 aliphatic carbocycles. The first kappa shape index (κ1) is 29.8. The Hall–Kier alpha value is -2.68. The van der Waals surface area contributed by atoms with E-state index in [1.54, 1.807) is 44.2 Å². The Bertz CT molecular complexity index is 1310. The highest BCUT2D eigenvalue weighted by atomic mass is 19.1. The molecular weight excluding hydrogens is 527 g/mol. The lowest BCUT2D eigenvalue weighted by Crippen LogP contribution is -2.64. The van der Waals surface area contributed by atoms with Crippen LogP contribution in [0.25, 0.3) is 0 Å². The SMILES string of the molecule is Cc1cccc(C(=O)OCC(=O)[C@@]23OC(C)(C)O[C@@H]2C[C@H]2C(CCC4=CC(=O)C=C[C@H]4C)[C@](C)(F)[C@@H](O)C[C@@]23C)c1. The average Bonchev–Trinajstić information content (AvgIpc) is 3.30. The summed E-state index contributed by atoms with van der Waals surface area (Å²) in [6, 6.07) is 6.92. The van der Waals surface area contributed by atoms with Crippen LogP contribution in [0.2, 0.25) is 0 Å². The summed E-state index contributed by atoms with van der Waals surface area (Å²) in [5.74, 6) is -3.17. The van der Waals surface area contributed by atoms with Crippen molar-refractivity contribution in [2.75, 3.05) is 6.61 Å². The van der Waals surface area contributed by atoms with E-state index in [0.29, 0.717) is 24.8 Å². The predicted molar refractivity (Wildman–Crippen MR) is 150 cm³/mol. The van der Waals surface area contributed by atoms with E-state index in [-0.39, 0.29) is 24.0 Å². The van der Waals surface area contributed by atoms with Gasteiger partial charge in [-0.2, -0.15) is 0 Å². The lowest BCUT2D eigenvalue weighted by molar-refractivity contribution is -0.230. The number of benzene rings is 1. The normalized spacial score (nSPS) is 39.2. The van der Waals surface area contributed by atoms with Crippen LogP contribution in [0.1, 0.15) is 76.2 Å². The van der Waals surface area contributed by atoms with Crippen LogP contribution in [0.4, 0.5) is 4.39 Å². The van der Waals surface area contributed by atoms with Crippen molar-refractivity contribution < 1.29 is 38.1 Å². The van der Waals surface area contributed by atoms with E-state index in [2.05, 4.69) is 0 Å². The van der Waals surface area contributed by atoms with Crippen LogP contribution in [0.3, 0.4) is 0 Å². The molecule has 4 aliphatic rings. The number of aryl methyl sites for hydroxylation is 1. The molecule has 0 amide bonds. The van der Waals surface area contributed by atoms with Crippen LogP contribution >= 0.6 is 0 Å². The summed E-state index contributed by atoms with van der Waals surface area (Å²) in [7, 11) is 0. The highest BCUT2D eigenvalue weighted by molar-refractivity contribution is 6.00. The summed E-state index contributed by atoms with van der Waals surface area (Å²) in [5, 5.41) is 11.2. The number of rotatable bonds is 7. The number of aliphatic hydroxyl groups excluding tert-OH is 1. The Labute approximate surface area is 241 Å². The topological polar surface area (TPSA) is 99.1 Å². The fraction of sp³-hybridized carbons (Fsp3) is 0.606. The first-order valence-electron chi connectivity index (χ1n) is 14.6. The monoisotopic (exact) mass is 568 g/mol. The van der Waals surface area contributed by atoms with Gasteiger partial charge >= 0.3 is 5.97 Å². The summed E-state index contributed by atoms with van der Waals surface area (Å²) in [4.78, 5) is 39.0. The second kappa shape index (κ2) is 10.2. The number of halogens is 1. The van der Waals surface area contributed by atoms with Crippen molar-refractivity contribution in [3.63, 3.8) is 0 Å². The van der Waals surface area contributed by atoms with Crippen molar-refractivity contribution in [1.82, 2.24) is 0 Å². The van der Waals surface area contributed by atoms with Crippen molar-refractivity contribution >= 4 is 17.5 Å². The molecule has 8 atom stereocenters. The fourth-order valence-corrected chi connectivity index (χ4v) is 8.00. The number of ether oxygens (including phenoxy) is 3. The number of carbonyl (C=O) groups excluding carboxylic acids is 3. The Morgan fingerprint density at radius 3 is 2.63 bits per heavy atom. The lowest BCUT2D eigenvalue weighted by atomic mass is 9.53. The molecule has 222 valence electrons. The maximum absolute atomic E-state index is 16.4. The number of alkyl halides is 1. The van der Waals surface area contributed by atoms with Crippen LogP contribution in [-0.4, -0.2) is 58.5 Å². The molecule has 1 unspecified atom stereocenters. The number of esters is 1. The maximum atomic E-state index is 16.4. The highest BCUT2D eigenvalue weighted by Gasteiger charge is 2.77. The molecule has 0 spiro atoms. The highest BCUT2D eigenvalue weighted by Crippen LogP contribution is 2.68. The molecule has 1 aromatic carbocycles. The molecular formula is C33H41FO7. The van der Waals surface area contributed by atoms with E-state index in [9.17, 15) is 19.5 Å². The number of fused-ring (bicyclic) bond motifs is 3. The molecule has 7 nitrogen and oxygen atoms in total. The van der Waals surface area contributed by atoms with Crippen LogP contribution < -0.4 is 0 Å². The minimum Gasteiger partial charge on any atom is -0.454 e. The number of ketones is 2. The van der Waals surface area contributed by atoms with Crippen molar-refractivity contribution in [2.24, 2.45) is 23.2 Å². The van der Waals surface area contributed by atoms with E-state index in [0.717, 1.165) is 11.1 Å². The van der Waals surface area contributed by atoms with Gasteiger partial charge in [0.25, 0.3) is 0 Å². The lowest BCUT2D eigenvalue weighted by Gasteiger charge is -2.55. The zero-order valence-electron chi connectivity index (χ0n) is 24.7. The smallest absolute Gasteiger partial charge is 0.338 e. The van der Waals surface area contributed by atoms with Gasteiger partial charge in [0.15, 0.2) is 23.8 Å². The summed E-state index contributed by atoms with van der Waals surface area (Å²) in [6.45, 7) is 10.1. The summed E-state index contributed by atoms with van der Waals surface area (Å²) in [6.07, 6.45) is 4.21. The van der Waals surface area contributed by atoms with E-state index in [1.807, 2.05) is 32.9 Å². The van der Waals surface area contributed by atoms with Crippen LogP contribution in [0.5, 0.6) is 0 Å².